The molecule has 2 fully saturated rings. The second-order valence-electron chi connectivity index (χ2n) is 7.64. The number of hydrogen-bond donors (Lipinski definition) is 2. The normalized spacial score (nSPS) is 24.1. The molecule has 2 N–H and O–H groups in total. The Labute approximate surface area is 153 Å². The summed E-state index contributed by atoms with van der Waals surface area (Å²) in [5.41, 5.74) is 1.20. The number of amides is 2. The van der Waals surface area contributed by atoms with Gasteiger partial charge < -0.3 is 20.2 Å². The van der Waals surface area contributed by atoms with Gasteiger partial charge in [0.2, 0.25) is 11.8 Å². The van der Waals surface area contributed by atoms with E-state index in [4.69, 9.17) is 0 Å². The van der Waals surface area contributed by atoms with E-state index in [1.54, 1.807) is 20.8 Å². The van der Waals surface area contributed by atoms with Crippen molar-refractivity contribution in [1.82, 2.24) is 4.90 Å². The third-order valence-corrected chi connectivity index (χ3v) is 5.60. The second kappa shape index (κ2) is 6.63. The highest BCUT2D eigenvalue weighted by Gasteiger charge is 2.65. The van der Waals surface area contributed by atoms with Crippen LogP contribution in [0.4, 0.5) is 11.4 Å². The average Bonchev–Trinajstić information content (AvgIpc) is 3.18. The number of rotatable bonds is 4. The first-order valence-electron chi connectivity index (χ1n) is 8.86. The van der Waals surface area contributed by atoms with Gasteiger partial charge in [0.25, 0.3) is 0 Å². The van der Waals surface area contributed by atoms with Gasteiger partial charge in [0.1, 0.15) is 0 Å². The third kappa shape index (κ3) is 3.38. The van der Waals surface area contributed by atoms with Crippen LogP contribution in [0, 0.1) is 17.3 Å². The van der Waals surface area contributed by atoms with Gasteiger partial charge in [0.15, 0.2) is 0 Å². The summed E-state index contributed by atoms with van der Waals surface area (Å²) in [7, 11) is 0. The predicted molar refractivity (Wildman–Crippen MR) is 97.9 cm³/mol. The van der Waals surface area contributed by atoms with Gasteiger partial charge in [-0.2, -0.15) is 0 Å². The highest BCUT2D eigenvalue weighted by atomic mass is 16.4. The van der Waals surface area contributed by atoms with E-state index >= 15 is 0 Å². The highest BCUT2D eigenvalue weighted by Crippen LogP contribution is 2.58. The van der Waals surface area contributed by atoms with Crippen LogP contribution < -0.4 is 10.2 Å². The number of carboxylic acid groups (broad SMARTS) is 1. The first-order chi connectivity index (χ1) is 12.2. The van der Waals surface area contributed by atoms with Crippen molar-refractivity contribution >= 4 is 29.2 Å². The molecule has 140 valence electrons. The summed E-state index contributed by atoms with van der Waals surface area (Å²) in [6, 6.07) is 7.53. The molecule has 7 heteroatoms. The molecule has 1 aliphatic heterocycles. The third-order valence-electron chi connectivity index (χ3n) is 5.60. The van der Waals surface area contributed by atoms with Crippen LogP contribution in [0.15, 0.2) is 24.3 Å². The molecule has 1 aromatic rings. The highest BCUT2D eigenvalue weighted by molar-refractivity contribution is 5.99. The summed E-state index contributed by atoms with van der Waals surface area (Å²) < 4.78 is 0. The summed E-state index contributed by atoms with van der Waals surface area (Å²) in [6.07, 6.45) is 0. The van der Waals surface area contributed by atoms with E-state index in [0.29, 0.717) is 18.8 Å². The standard InChI is InChI=1S/C19H25N3O4/c1-12(23)21-8-10-22(11-9-21)14-6-4-13(5-7-14)20-17(24)15-16(18(25)26)19(15,2)3/h4-7,15-16H,8-11H2,1-3H3,(H,20,24)(H,25,26)/t15-,16+/m0/s1. The van der Waals surface area contributed by atoms with Crippen molar-refractivity contribution in [2.75, 3.05) is 36.4 Å². The lowest BCUT2D eigenvalue weighted by molar-refractivity contribution is -0.140. The summed E-state index contributed by atoms with van der Waals surface area (Å²) in [5, 5.41) is 12.0. The number of carboxylic acids is 1. The van der Waals surface area contributed by atoms with Crippen LogP contribution in [0.5, 0.6) is 0 Å². The zero-order valence-corrected chi connectivity index (χ0v) is 15.4. The molecular formula is C19H25N3O4. The Hall–Kier alpha value is -2.57. The lowest BCUT2D eigenvalue weighted by atomic mass is 10.1. The first-order valence-corrected chi connectivity index (χ1v) is 8.86. The number of aliphatic carboxylic acids is 1. The van der Waals surface area contributed by atoms with Gasteiger partial charge >= 0.3 is 5.97 Å². The zero-order valence-electron chi connectivity index (χ0n) is 15.4. The Morgan fingerprint density at radius 1 is 1.04 bits per heavy atom. The lowest BCUT2D eigenvalue weighted by Gasteiger charge is -2.35. The van der Waals surface area contributed by atoms with E-state index in [2.05, 4.69) is 10.2 Å². The monoisotopic (exact) mass is 359 g/mol. The largest absolute Gasteiger partial charge is 0.481 e. The molecule has 0 aromatic heterocycles. The maximum atomic E-state index is 12.4. The minimum Gasteiger partial charge on any atom is -0.481 e. The molecule has 1 saturated heterocycles. The van der Waals surface area contributed by atoms with Crippen LogP contribution in [-0.2, 0) is 14.4 Å². The zero-order chi connectivity index (χ0) is 19.1. The fourth-order valence-corrected chi connectivity index (χ4v) is 3.84. The smallest absolute Gasteiger partial charge is 0.307 e. The summed E-state index contributed by atoms with van der Waals surface area (Å²) >= 11 is 0. The molecule has 0 bridgehead atoms. The van der Waals surface area contributed by atoms with E-state index in [0.717, 1.165) is 18.8 Å². The van der Waals surface area contributed by atoms with E-state index in [1.165, 1.54) is 0 Å². The molecule has 0 radical (unpaired) electrons. The van der Waals surface area contributed by atoms with Crippen molar-refractivity contribution in [1.29, 1.82) is 0 Å². The number of nitrogens with zero attached hydrogens (tertiary/aromatic N) is 2. The molecule has 26 heavy (non-hydrogen) atoms. The maximum Gasteiger partial charge on any atom is 0.307 e. The van der Waals surface area contributed by atoms with E-state index in [1.807, 2.05) is 29.2 Å². The van der Waals surface area contributed by atoms with Gasteiger partial charge in [-0.25, -0.2) is 0 Å². The Morgan fingerprint density at radius 2 is 1.62 bits per heavy atom. The molecule has 7 nitrogen and oxygen atoms in total. The summed E-state index contributed by atoms with van der Waals surface area (Å²) in [4.78, 5) is 39.0. The number of carbonyl (C=O) groups excluding carboxylic acids is 2. The van der Waals surface area contributed by atoms with Crippen LogP contribution in [0.3, 0.4) is 0 Å². The minimum absolute atomic E-state index is 0.102. The Kier molecular flexibility index (Phi) is 4.64. The molecule has 1 aromatic carbocycles. The SMILES string of the molecule is CC(=O)N1CCN(c2ccc(NC(=O)[C@@H]3[C@H](C(=O)O)C3(C)C)cc2)CC1. The predicted octanol–water partition coefficient (Wildman–Crippen LogP) is 1.65. The maximum absolute atomic E-state index is 12.4. The van der Waals surface area contributed by atoms with E-state index in [-0.39, 0.29) is 11.8 Å². The molecule has 1 aliphatic carbocycles. The number of piperazine rings is 1. The van der Waals surface area contributed by atoms with Gasteiger partial charge in [0.05, 0.1) is 11.8 Å². The molecule has 2 aliphatic rings. The topological polar surface area (TPSA) is 90.0 Å². The Bertz CT molecular complexity index is 721. The van der Waals surface area contributed by atoms with Gasteiger partial charge in [0, 0.05) is 44.5 Å². The summed E-state index contributed by atoms with van der Waals surface area (Å²) in [6.45, 7) is 8.18. The quantitative estimate of drug-likeness (QED) is 0.853. The van der Waals surface area contributed by atoms with Crippen LogP contribution in [0.2, 0.25) is 0 Å². The van der Waals surface area contributed by atoms with Crippen molar-refractivity contribution in [2.24, 2.45) is 17.3 Å². The van der Waals surface area contributed by atoms with Crippen molar-refractivity contribution in [3.05, 3.63) is 24.3 Å². The van der Waals surface area contributed by atoms with Gasteiger partial charge in [-0.05, 0) is 29.7 Å². The lowest BCUT2D eigenvalue weighted by Crippen LogP contribution is -2.48. The molecule has 2 atom stereocenters. The number of hydrogen-bond acceptors (Lipinski definition) is 4. The van der Waals surface area contributed by atoms with Crippen LogP contribution in [-0.4, -0.2) is 54.0 Å². The average molecular weight is 359 g/mol. The van der Waals surface area contributed by atoms with Gasteiger partial charge in [-0.15, -0.1) is 0 Å². The molecule has 0 unspecified atom stereocenters. The van der Waals surface area contributed by atoms with Gasteiger partial charge in [-0.1, -0.05) is 13.8 Å². The number of anilines is 2. The second-order valence-corrected chi connectivity index (χ2v) is 7.64. The van der Waals surface area contributed by atoms with Crippen LogP contribution >= 0.6 is 0 Å². The van der Waals surface area contributed by atoms with E-state index < -0.39 is 23.2 Å². The number of nitrogens with one attached hydrogen (secondary N) is 1. The van der Waals surface area contributed by atoms with Crippen molar-refractivity contribution in [3.63, 3.8) is 0 Å². The molecule has 3 rings (SSSR count). The van der Waals surface area contributed by atoms with Crippen molar-refractivity contribution in [2.45, 2.75) is 20.8 Å². The Morgan fingerprint density at radius 3 is 2.08 bits per heavy atom. The fraction of sp³-hybridized carbons (Fsp3) is 0.526. The number of carbonyl (C=O) groups is 3. The molecule has 0 spiro atoms. The minimum atomic E-state index is -0.921. The van der Waals surface area contributed by atoms with Crippen molar-refractivity contribution < 1.29 is 19.5 Å². The molecule has 1 saturated carbocycles. The Balaban J connectivity index is 1.58. The van der Waals surface area contributed by atoms with Crippen LogP contribution in [0.1, 0.15) is 20.8 Å². The molecule has 1 heterocycles. The fourth-order valence-electron chi connectivity index (χ4n) is 3.84. The van der Waals surface area contributed by atoms with E-state index in [9.17, 15) is 19.5 Å². The first kappa shape index (κ1) is 18.2. The van der Waals surface area contributed by atoms with Gasteiger partial charge in [-0.3, -0.25) is 14.4 Å². The van der Waals surface area contributed by atoms with Crippen LogP contribution in [0.25, 0.3) is 0 Å². The molecule has 2 amide bonds. The molecular weight excluding hydrogens is 334 g/mol. The summed E-state index contributed by atoms with van der Waals surface area (Å²) in [5.74, 6) is -2.19. The number of benzene rings is 1. The van der Waals surface area contributed by atoms with Crippen molar-refractivity contribution in [3.8, 4) is 0 Å².